The monoisotopic (exact) mass is 319 g/mol. The number of hydrogen-bond acceptors (Lipinski definition) is 3. The molecule has 0 atom stereocenters. The van der Waals surface area contributed by atoms with Crippen LogP contribution >= 0.6 is 0 Å². The number of fused-ring (bicyclic) bond motifs is 1. The van der Waals surface area contributed by atoms with Crippen molar-refractivity contribution in [3.05, 3.63) is 71.9 Å². The molecule has 4 heteroatoms. The maximum atomic E-state index is 12.2. The van der Waals surface area contributed by atoms with E-state index in [1.807, 2.05) is 43.1 Å². The molecule has 3 aromatic rings. The van der Waals surface area contributed by atoms with E-state index < -0.39 is 0 Å². The van der Waals surface area contributed by atoms with E-state index in [2.05, 4.69) is 40.6 Å². The molecule has 1 aromatic heterocycles. The standard InChI is InChI=1S/C20H21N3O/c1-15-10-11-19(21-12-15)22-20(24)14-23(2)13-17-8-5-7-16-6-3-4-9-18(16)17/h3-12H,13-14H2,1-2H3,(H,21,22,24). The van der Waals surface area contributed by atoms with Crippen molar-refractivity contribution in [2.75, 3.05) is 18.9 Å². The van der Waals surface area contributed by atoms with Gasteiger partial charge in [-0.05, 0) is 41.9 Å². The predicted molar refractivity (Wildman–Crippen MR) is 97.9 cm³/mol. The first kappa shape index (κ1) is 16.1. The summed E-state index contributed by atoms with van der Waals surface area (Å²) in [6.45, 7) is 3.01. The van der Waals surface area contributed by atoms with E-state index in [1.54, 1.807) is 6.20 Å². The van der Waals surface area contributed by atoms with E-state index >= 15 is 0 Å². The topological polar surface area (TPSA) is 45.2 Å². The van der Waals surface area contributed by atoms with Gasteiger partial charge in [0.1, 0.15) is 5.82 Å². The highest BCUT2D eigenvalue weighted by Gasteiger charge is 2.09. The van der Waals surface area contributed by atoms with Gasteiger partial charge in [-0.25, -0.2) is 4.98 Å². The Kier molecular flexibility index (Phi) is 4.87. The lowest BCUT2D eigenvalue weighted by Gasteiger charge is -2.17. The van der Waals surface area contributed by atoms with E-state index in [1.165, 1.54) is 16.3 Å². The Morgan fingerprint density at radius 1 is 1.08 bits per heavy atom. The van der Waals surface area contributed by atoms with Crippen molar-refractivity contribution in [1.82, 2.24) is 9.88 Å². The SMILES string of the molecule is Cc1ccc(NC(=O)CN(C)Cc2cccc3ccccc23)nc1. The van der Waals surface area contributed by atoms with Gasteiger partial charge in [-0.2, -0.15) is 0 Å². The summed E-state index contributed by atoms with van der Waals surface area (Å²) in [5, 5.41) is 5.28. The number of pyridine rings is 1. The summed E-state index contributed by atoms with van der Waals surface area (Å²) in [5.74, 6) is 0.526. The zero-order valence-electron chi connectivity index (χ0n) is 14.0. The lowest BCUT2D eigenvalue weighted by atomic mass is 10.0. The largest absolute Gasteiger partial charge is 0.310 e. The highest BCUT2D eigenvalue weighted by Crippen LogP contribution is 2.19. The molecule has 0 unspecified atom stereocenters. The van der Waals surface area contributed by atoms with Crippen molar-refractivity contribution in [2.45, 2.75) is 13.5 Å². The van der Waals surface area contributed by atoms with E-state index in [9.17, 15) is 4.79 Å². The van der Waals surface area contributed by atoms with Gasteiger partial charge in [-0.15, -0.1) is 0 Å². The summed E-state index contributed by atoms with van der Waals surface area (Å²) < 4.78 is 0. The second-order valence-corrected chi connectivity index (χ2v) is 6.08. The lowest BCUT2D eigenvalue weighted by molar-refractivity contribution is -0.117. The zero-order valence-corrected chi connectivity index (χ0v) is 14.0. The maximum absolute atomic E-state index is 12.2. The van der Waals surface area contributed by atoms with Crippen LogP contribution in [0.5, 0.6) is 0 Å². The number of aryl methyl sites for hydroxylation is 1. The molecule has 122 valence electrons. The lowest BCUT2D eigenvalue weighted by Crippen LogP contribution is -2.30. The number of anilines is 1. The van der Waals surface area contributed by atoms with Gasteiger partial charge in [0.2, 0.25) is 5.91 Å². The van der Waals surface area contributed by atoms with Crippen LogP contribution in [0.1, 0.15) is 11.1 Å². The summed E-state index contributed by atoms with van der Waals surface area (Å²) in [6.07, 6.45) is 1.75. The molecule has 0 aliphatic heterocycles. The van der Waals surface area contributed by atoms with Crippen LogP contribution in [0.4, 0.5) is 5.82 Å². The average Bonchev–Trinajstić information content (AvgIpc) is 2.57. The highest BCUT2D eigenvalue weighted by atomic mass is 16.2. The van der Waals surface area contributed by atoms with Crippen molar-refractivity contribution in [3.63, 3.8) is 0 Å². The minimum atomic E-state index is -0.0610. The molecule has 1 heterocycles. The number of amides is 1. The van der Waals surface area contributed by atoms with Gasteiger partial charge in [-0.1, -0.05) is 48.5 Å². The Labute approximate surface area is 142 Å². The minimum absolute atomic E-state index is 0.0610. The summed E-state index contributed by atoms with van der Waals surface area (Å²) in [6, 6.07) is 18.3. The molecule has 0 saturated heterocycles. The fourth-order valence-electron chi connectivity index (χ4n) is 2.75. The van der Waals surface area contributed by atoms with Crippen LogP contribution in [0, 0.1) is 6.92 Å². The van der Waals surface area contributed by atoms with Crippen LogP contribution in [-0.2, 0) is 11.3 Å². The number of nitrogens with zero attached hydrogens (tertiary/aromatic N) is 2. The van der Waals surface area contributed by atoms with Crippen LogP contribution in [-0.4, -0.2) is 29.4 Å². The van der Waals surface area contributed by atoms with Gasteiger partial charge < -0.3 is 5.32 Å². The second-order valence-electron chi connectivity index (χ2n) is 6.08. The van der Waals surface area contributed by atoms with Crippen LogP contribution in [0.3, 0.4) is 0 Å². The Balaban J connectivity index is 1.63. The van der Waals surface area contributed by atoms with Gasteiger partial charge >= 0.3 is 0 Å². The van der Waals surface area contributed by atoms with Crippen LogP contribution < -0.4 is 5.32 Å². The van der Waals surface area contributed by atoms with Gasteiger partial charge in [0.25, 0.3) is 0 Å². The number of carbonyl (C=O) groups excluding carboxylic acids is 1. The van der Waals surface area contributed by atoms with Gasteiger partial charge in [0, 0.05) is 12.7 Å². The van der Waals surface area contributed by atoms with Crippen molar-refractivity contribution in [3.8, 4) is 0 Å². The summed E-state index contributed by atoms with van der Waals surface area (Å²) in [7, 11) is 1.95. The third kappa shape index (κ3) is 3.97. The summed E-state index contributed by atoms with van der Waals surface area (Å²) in [5.41, 5.74) is 2.29. The smallest absolute Gasteiger partial charge is 0.239 e. The predicted octanol–water partition coefficient (Wildman–Crippen LogP) is 3.61. The number of nitrogens with one attached hydrogen (secondary N) is 1. The number of likely N-dealkylation sites (N-methyl/N-ethyl adjacent to an activating group) is 1. The first-order chi connectivity index (χ1) is 11.6. The fraction of sp³-hybridized carbons (Fsp3) is 0.200. The Morgan fingerprint density at radius 3 is 2.67 bits per heavy atom. The van der Waals surface area contributed by atoms with Crippen LogP contribution in [0.25, 0.3) is 10.8 Å². The van der Waals surface area contributed by atoms with Crippen LogP contribution in [0.2, 0.25) is 0 Å². The molecule has 24 heavy (non-hydrogen) atoms. The molecule has 1 N–H and O–H groups in total. The van der Waals surface area contributed by atoms with Gasteiger partial charge in [0.15, 0.2) is 0 Å². The molecule has 4 nitrogen and oxygen atoms in total. The zero-order chi connectivity index (χ0) is 16.9. The first-order valence-corrected chi connectivity index (χ1v) is 7.99. The van der Waals surface area contributed by atoms with E-state index in [0.717, 1.165) is 12.1 Å². The number of carbonyl (C=O) groups is 1. The molecule has 0 aliphatic carbocycles. The Morgan fingerprint density at radius 2 is 1.88 bits per heavy atom. The van der Waals surface area contributed by atoms with Crippen molar-refractivity contribution >= 4 is 22.5 Å². The molecule has 0 saturated carbocycles. The number of hydrogen-bond donors (Lipinski definition) is 1. The molecule has 0 aliphatic rings. The first-order valence-electron chi connectivity index (χ1n) is 7.99. The second kappa shape index (κ2) is 7.23. The Bertz CT molecular complexity index is 838. The number of benzene rings is 2. The summed E-state index contributed by atoms with van der Waals surface area (Å²) >= 11 is 0. The molecular weight excluding hydrogens is 298 g/mol. The average molecular weight is 319 g/mol. The maximum Gasteiger partial charge on any atom is 0.239 e. The molecule has 0 radical (unpaired) electrons. The number of rotatable bonds is 5. The molecule has 3 rings (SSSR count). The van der Waals surface area contributed by atoms with Gasteiger partial charge in [-0.3, -0.25) is 9.69 Å². The quantitative estimate of drug-likeness (QED) is 0.781. The molecule has 0 spiro atoms. The van der Waals surface area contributed by atoms with E-state index in [4.69, 9.17) is 0 Å². The fourth-order valence-corrected chi connectivity index (χ4v) is 2.75. The third-order valence-corrected chi connectivity index (χ3v) is 3.91. The van der Waals surface area contributed by atoms with Crippen molar-refractivity contribution < 1.29 is 4.79 Å². The van der Waals surface area contributed by atoms with Crippen molar-refractivity contribution in [1.29, 1.82) is 0 Å². The normalized spacial score (nSPS) is 11.0. The van der Waals surface area contributed by atoms with Crippen LogP contribution in [0.15, 0.2) is 60.8 Å². The molecule has 0 fully saturated rings. The van der Waals surface area contributed by atoms with E-state index in [0.29, 0.717) is 12.4 Å². The highest BCUT2D eigenvalue weighted by molar-refractivity contribution is 5.91. The molecule has 1 amide bonds. The molecular formula is C20H21N3O. The van der Waals surface area contributed by atoms with Crippen molar-refractivity contribution in [2.24, 2.45) is 0 Å². The molecule has 2 aromatic carbocycles. The summed E-state index contributed by atoms with van der Waals surface area (Å²) in [4.78, 5) is 18.4. The minimum Gasteiger partial charge on any atom is -0.310 e. The van der Waals surface area contributed by atoms with E-state index in [-0.39, 0.29) is 5.91 Å². The molecule has 0 bridgehead atoms. The number of aromatic nitrogens is 1. The van der Waals surface area contributed by atoms with Gasteiger partial charge in [0.05, 0.1) is 6.54 Å². The third-order valence-electron chi connectivity index (χ3n) is 3.91. The Hall–Kier alpha value is -2.72.